The smallest absolute Gasteiger partial charge is 0.308 e. The van der Waals surface area contributed by atoms with Gasteiger partial charge >= 0.3 is 6.03 Å². The van der Waals surface area contributed by atoms with Crippen molar-refractivity contribution in [3.05, 3.63) is 59.7 Å². The predicted octanol–water partition coefficient (Wildman–Crippen LogP) is 5.00. The van der Waals surface area contributed by atoms with E-state index in [-0.39, 0.29) is 18.0 Å². The zero-order valence-electron chi connectivity index (χ0n) is 17.3. The van der Waals surface area contributed by atoms with Crippen molar-refractivity contribution in [1.29, 1.82) is 0 Å². The molecule has 29 heavy (non-hydrogen) atoms. The first kappa shape index (κ1) is 19.8. The van der Waals surface area contributed by atoms with Gasteiger partial charge in [-0.25, -0.2) is 4.79 Å². The van der Waals surface area contributed by atoms with Crippen LogP contribution in [0.15, 0.2) is 48.5 Å². The lowest BCUT2D eigenvalue weighted by Crippen LogP contribution is -2.52. The minimum atomic E-state index is -0.983. The van der Waals surface area contributed by atoms with Crippen LogP contribution in [0.3, 0.4) is 0 Å². The molecule has 4 rings (SSSR count). The number of para-hydroxylation sites is 1. The fourth-order valence-electron chi connectivity index (χ4n) is 4.18. The third-order valence-corrected chi connectivity index (χ3v) is 7.05. The fourth-order valence-corrected chi connectivity index (χ4v) is 5.63. The molecule has 2 aliphatic rings. The van der Waals surface area contributed by atoms with Crippen molar-refractivity contribution in [2.24, 2.45) is 0 Å². The van der Waals surface area contributed by atoms with Gasteiger partial charge in [-0.3, -0.25) is 9.69 Å². The minimum Gasteiger partial charge on any atom is -0.308 e. The molecule has 2 aliphatic heterocycles. The molecule has 1 fully saturated rings. The molecule has 152 valence electrons. The average Bonchev–Trinajstić information content (AvgIpc) is 3.24. The Morgan fingerprint density at radius 2 is 1.76 bits per heavy atom. The second-order valence-corrected chi connectivity index (χ2v) is 9.42. The third kappa shape index (κ3) is 3.10. The van der Waals surface area contributed by atoms with E-state index in [2.05, 4.69) is 19.2 Å². The summed E-state index contributed by atoms with van der Waals surface area (Å²) >= 11 is 1.55. The molecular weight excluding hydrogens is 382 g/mol. The molecule has 2 heterocycles. The Morgan fingerprint density at radius 3 is 2.41 bits per heavy atom. The van der Waals surface area contributed by atoms with Gasteiger partial charge < -0.3 is 10.2 Å². The number of hydrogen-bond acceptors (Lipinski definition) is 3. The molecule has 0 unspecified atom stereocenters. The number of nitrogens with one attached hydrogen (secondary N) is 1. The number of amides is 3. The van der Waals surface area contributed by atoms with Gasteiger partial charge in [-0.05, 0) is 43.5 Å². The Morgan fingerprint density at radius 1 is 1.07 bits per heavy atom. The van der Waals surface area contributed by atoms with E-state index < -0.39 is 4.87 Å². The van der Waals surface area contributed by atoms with E-state index in [9.17, 15) is 9.59 Å². The molecule has 2 aromatic rings. The summed E-state index contributed by atoms with van der Waals surface area (Å²) < 4.78 is 0. The summed E-state index contributed by atoms with van der Waals surface area (Å²) in [5, 5.41) is 3.00. The van der Waals surface area contributed by atoms with Crippen molar-refractivity contribution in [2.45, 2.75) is 44.5 Å². The van der Waals surface area contributed by atoms with Gasteiger partial charge in [0.05, 0.1) is 5.69 Å². The number of anilines is 2. The molecule has 0 radical (unpaired) electrons. The van der Waals surface area contributed by atoms with Gasteiger partial charge in [0.2, 0.25) is 0 Å². The Hall–Kier alpha value is -2.47. The highest BCUT2D eigenvalue weighted by Crippen LogP contribution is 2.54. The first-order chi connectivity index (χ1) is 13.9. The first-order valence-corrected chi connectivity index (χ1v) is 11.1. The van der Waals surface area contributed by atoms with E-state index in [0.717, 1.165) is 22.7 Å². The fraction of sp³-hybridized carbons (Fsp3) is 0.391. The highest BCUT2D eigenvalue weighted by atomic mass is 32.2. The van der Waals surface area contributed by atoms with Crippen LogP contribution in [-0.2, 0) is 9.67 Å². The second-order valence-electron chi connectivity index (χ2n) is 8.14. The van der Waals surface area contributed by atoms with Crippen LogP contribution in [0.4, 0.5) is 16.2 Å². The van der Waals surface area contributed by atoms with Crippen LogP contribution in [0, 0.1) is 0 Å². The van der Waals surface area contributed by atoms with Gasteiger partial charge in [0.15, 0.2) is 4.87 Å². The van der Waals surface area contributed by atoms with Crippen molar-refractivity contribution >= 4 is 35.1 Å². The highest BCUT2D eigenvalue weighted by Gasteiger charge is 2.59. The van der Waals surface area contributed by atoms with E-state index in [4.69, 9.17) is 0 Å². The number of nitrogens with zero attached hydrogens (tertiary/aromatic N) is 2. The number of hydrogen-bond donors (Lipinski definition) is 1. The number of carbonyl (C=O) groups excluding carboxylic acids is 2. The molecule has 3 amide bonds. The topological polar surface area (TPSA) is 52.7 Å². The quantitative estimate of drug-likeness (QED) is 0.776. The lowest BCUT2D eigenvalue weighted by molar-refractivity contribution is -0.123. The van der Waals surface area contributed by atoms with Gasteiger partial charge in [0.1, 0.15) is 0 Å². The van der Waals surface area contributed by atoms with Crippen LogP contribution < -0.4 is 10.2 Å². The maximum absolute atomic E-state index is 13.6. The molecule has 1 N–H and O–H groups in total. The zero-order valence-corrected chi connectivity index (χ0v) is 18.1. The van der Waals surface area contributed by atoms with E-state index in [1.165, 1.54) is 5.56 Å². The van der Waals surface area contributed by atoms with Gasteiger partial charge in [-0.15, -0.1) is 11.8 Å². The summed E-state index contributed by atoms with van der Waals surface area (Å²) in [6.07, 6.45) is 0. The summed E-state index contributed by atoms with van der Waals surface area (Å²) in [5.74, 6) is 1.14. The third-order valence-electron chi connectivity index (χ3n) is 5.63. The zero-order chi connectivity index (χ0) is 20.8. The summed E-state index contributed by atoms with van der Waals surface area (Å²) in [5.41, 5.74) is 3.78. The number of carbonyl (C=O) groups is 2. The molecule has 0 aliphatic carbocycles. The molecule has 1 spiro atoms. The van der Waals surface area contributed by atoms with Gasteiger partial charge in [-0.1, -0.05) is 44.2 Å². The number of urea groups is 1. The SMILES string of the molecule is CC(C)c1ccc(NC(=O)N2CCS[C@@]23C(=O)N(C(C)C)c2ccccc23)cc1. The van der Waals surface area contributed by atoms with Crippen LogP contribution in [-0.4, -0.2) is 35.2 Å². The molecule has 1 saturated heterocycles. The number of fused-ring (bicyclic) bond motifs is 2. The summed E-state index contributed by atoms with van der Waals surface area (Å²) in [7, 11) is 0. The number of benzene rings is 2. The van der Waals surface area contributed by atoms with Gasteiger partial charge in [0, 0.05) is 29.6 Å². The van der Waals surface area contributed by atoms with Crippen molar-refractivity contribution in [3.63, 3.8) is 0 Å². The van der Waals surface area contributed by atoms with Gasteiger partial charge in [-0.2, -0.15) is 0 Å². The lowest BCUT2D eigenvalue weighted by atomic mass is 10.0. The Labute approximate surface area is 176 Å². The molecule has 2 aromatic carbocycles. The highest BCUT2D eigenvalue weighted by molar-refractivity contribution is 8.01. The number of rotatable bonds is 3. The van der Waals surface area contributed by atoms with Crippen LogP contribution >= 0.6 is 11.8 Å². The van der Waals surface area contributed by atoms with Crippen LogP contribution in [0.25, 0.3) is 0 Å². The van der Waals surface area contributed by atoms with Crippen molar-refractivity contribution < 1.29 is 9.59 Å². The van der Waals surface area contributed by atoms with Crippen molar-refractivity contribution in [3.8, 4) is 0 Å². The standard InChI is InChI=1S/C23H27N3O2S/c1-15(2)17-9-11-18(12-10-17)24-22(28)25-13-14-29-23(25)19-7-5-6-8-20(19)26(16(3)4)21(23)27/h5-12,15-16H,13-14H2,1-4H3,(H,24,28)/t23-/m0/s1. The summed E-state index contributed by atoms with van der Waals surface area (Å²) in [4.78, 5) is 29.4. The monoisotopic (exact) mass is 409 g/mol. The molecule has 5 nitrogen and oxygen atoms in total. The Kier molecular flexibility index (Phi) is 5.07. The Bertz CT molecular complexity index is 941. The van der Waals surface area contributed by atoms with E-state index in [0.29, 0.717) is 12.5 Å². The molecule has 0 bridgehead atoms. The molecule has 1 atom stereocenters. The maximum atomic E-state index is 13.6. The number of thioether (sulfide) groups is 1. The summed E-state index contributed by atoms with van der Waals surface area (Å²) in [6, 6.07) is 15.5. The first-order valence-electron chi connectivity index (χ1n) is 10.1. The van der Waals surface area contributed by atoms with Crippen LogP contribution in [0.5, 0.6) is 0 Å². The van der Waals surface area contributed by atoms with Crippen molar-refractivity contribution in [1.82, 2.24) is 4.90 Å². The predicted molar refractivity (Wildman–Crippen MR) is 119 cm³/mol. The van der Waals surface area contributed by atoms with Gasteiger partial charge in [0.25, 0.3) is 5.91 Å². The van der Waals surface area contributed by atoms with Crippen molar-refractivity contribution in [2.75, 3.05) is 22.5 Å². The maximum Gasteiger partial charge on any atom is 0.323 e. The Balaban J connectivity index is 1.66. The summed E-state index contributed by atoms with van der Waals surface area (Å²) in [6.45, 7) is 8.83. The molecule has 0 saturated carbocycles. The minimum absolute atomic E-state index is 0.0257. The second kappa shape index (κ2) is 7.41. The average molecular weight is 410 g/mol. The lowest BCUT2D eigenvalue weighted by Gasteiger charge is -2.33. The molecule has 0 aromatic heterocycles. The molecular formula is C23H27N3O2S. The normalized spacial score (nSPS) is 20.8. The van der Waals surface area contributed by atoms with Crippen LogP contribution in [0.1, 0.15) is 44.7 Å². The van der Waals surface area contributed by atoms with E-state index >= 15 is 0 Å². The van der Waals surface area contributed by atoms with Crippen LogP contribution in [0.2, 0.25) is 0 Å². The van der Waals surface area contributed by atoms with E-state index in [1.54, 1.807) is 16.7 Å². The van der Waals surface area contributed by atoms with E-state index in [1.807, 2.05) is 67.3 Å². The largest absolute Gasteiger partial charge is 0.323 e. The molecule has 6 heteroatoms.